The topological polar surface area (TPSA) is 17.1 Å². The van der Waals surface area contributed by atoms with E-state index in [1.54, 1.807) is 0 Å². The van der Waals surface area contributed by atoms with Crippen LogP contribution in [0, 0.1) is 10.8 Å². The largest absolute Gasteiger partial charge is 0.295 e. The molecule has 1 rings (SSSR count). The fraction of sp³-hybridized carbons (Fsp3) is 0.786. The van der Waals surface area contributed by atoms with Gasteiger partial charge in [-0.2, -0.15) is 0 Å². The van der Waals surface area contributed by atoms with E-state index in [0.717, 1.165) is 24.8 Å². The molecule has 1 fully saturated rings. The zero-order valence-corrected chi connectivity index (χ0v) is 11.0. The lowest BCUT2D eigenvalue weighted by Crippen LogP contribution is -2.25. The van der Waals surface area contributed by atoms with Crippen molar-refractivity contribution in [2.45, 2.75) is 60.8 Å². The summed E-state index contributed by atoms with van der Waals surface area (Å²) in [7, 11) is 0. The van der Waals surface area contributed by atoms with Crippen LogP contribution < -0.4 is 0 Å². The highest BCUT2D eigenvalue weighted by Gasteiger charge is 2.34. The monoisotopic (exact) mass is 208 g/mol. The minimum atomic E-state index is 0.105. The van der Waals surface area contributed by atoms with Gasteiger partial charge in [-0.05, 0) is 29.2 Å². The molecule has 0 aromatic carbocycles. The van der Waals surface area contributed by atoms with Gasteiger partial charge in [0.2, 0.25) is 0 Å². The minimum Gasteiger partial charge on any atom is -0.295 e. The van der Waals surface area contributed by atoms with Crippen LogP contribution in [0.3, 0.4) is 0 Å². The summed E-state index contributed by atoms with van der Waals surface area (Å²) >= 11 is 0. The van der Waals surface area contributed by atoms with Crippen molar-refractivity contribution in [1.29, 1.82) is 0 Å². The molecular weight excluding hydrogens is 184 g/mol. The van der Waals surface area contributed by atoms with Crippen LogP contribution in [0.1, 0.15) is 60.8 Å². The number of carbonyl (C=O) groups excluding carboxylic acids is 1. The van der Waals surface area contributed by atoms with Crippen LogP contribution in [0.5, 0.6) is 0 Å². The standard InChI is InChI=1S/C14H24O/c1-13(2,3)12(14(4,5)6)10-8-7-9-11(10)15/h7-9H2,1-6H3. The van der Waals surface area contributed by atoms with Gasteiger partial charge in [0.05, 0.1) is 0 Å². The van der Waals surface area contributed by atoms with E-state index in [-0.39, 0.29) is 10.8 Å². The maximum absolute atomic E-state index is 11.9. The van der Waals surface area contributed by atoms with Crippen molar-refractivity contribution < 1.29 is 4.79 Å². The van der Waals surface area contributed by atoms with Gasteiger partial charge in [-0.3, -0.25) is 4.79 Å². The van der Waals surface area contributed by atoms with E-state index in [2.05, 4.69) is 41.5 Å². The quantitative estimate of drug-likeness (QED) is 0.547. The first-order valence-electron chi connectivity index (χ1n) is 5.91. The first-order chi connectivity index (χ1) is 6.64. The highest BCUT2D eigenvalue weighted by molar-refractivity contribution is 5.98. The SMILES string of the molecule is CC(C)(C)C(=C1CCCC1=O)C(C)(C)C. The molecule has 0 amide bonds. The summed E-state index contributed by atoms with van der Waals surface area (Å²) in [6.45, 7) is 13.3. The summed E-state index contributed by atoms with van der Waals surface area (Å²) in [5.41, 5.74) is 2.69. The Kier molecular flexibility index (Phi) is 3.14. The Balaban J connectivity index is 3.29. The lowest BCUT2D eigenvalue weighted by Gasteiger charge is -2.35. The molecule has 0 aromatic heterocycles. The van der Waals surface area contributed by atoms with Crippen LogP contribution in [-0.4, -0.2) is 5.78 Å². The van der Waals surface area contributed by atoms with Crippen molar-refractivity contribution in [3.63, 3.8) is 0 Å². The summed E-state index contributed by atoms with van der Waals surface area (Å²) < 4.78 is 0. The molecular formula is C14H24O. The van der Waals surface area contributed by atoms with Gasteiger partial charge in [0.15, 0.2) is 5.78 Å². The van der Waals surface area contributed by atoms with Crippen molar-refractivity contribution in [3.05, 3.63) is 11.1 Å². The van der Waals surface area contributed by atoms with Gasteiger partial charge < -0.3 is 0 Å². The molecule has 1 heteroatoms. The number of allylic oxidation sites excluding steroid dienone is 2. The van der Waals surface area contributed by atoms with E-state index >= 15 is 0 Å². The molecule has 0 bridgehead atoms. The normalized spacial score (nSPS) is 18.5. The molecule has 1 saturated carbocycles. The first-order valence-corrected chi connectivity index (χ1v) is 5.91. The van der Waals surface area contributed by atoms with Crippen LogP contribution in [0.2, 0.25) is 0 Å². The maximum atomic E-state index is 11.9. The molecule has 0 aromatic rings. The molecule has 0 atom stereocenters. The van der Waals surface area contributed by atoms with E-state index in [1.807, 2.05) is 0 Å². The second kappa shape index (κ2) is 3.77. The number of carbonyl (C=O) groups is 1. The summed E-state index contributed by atoms with van der Waals surface area (Å²) in [6, 6.07) is 0. The maximum Gasteiger partial charge on any atom is 0.158 e. The van der Waals surface area contributed by atoms with E-state index in [1.165, 1.54) is 5.57 Å². The highest BCUT2D eigenvalue weighted by Crippen LogP contribution is 2.44. The Morgan fingerprint density at radius 3 is 1.67 bits per heavy atom. The molecule has 1 nitrogen and oxygen atoms in total. The molecule has 0 heterocycles. The molecule has 86 valence electrons. The summed E-state index contributed by atoms with van der Waals surface area (Å²) in [5.74, 6) is 0.384. The third kappa shape index (κ3) is 2.70. The fourth-order valence-corrected chi connectivity index (χ4v) is 3.01. The van der Waals surface area contributed by atoms with Gasteiger partial charge in [-0.25, -0.2) is 0 Å². The van der Waals surface area contributed by atoms with E-state index in [0.29, 0.717) is 5.78 Å². The molecule has 15 heavy (non-hydrogen) atoms. The van der Waals surface area contributed by atoms with Crippen LogP contribution in [0.15, 0.2) is 11.1 Å². The van der Waals surface area contributed by atoms with Gasteiger partial charge in [0.25, 0.3) is 0 Å². The van der Waals surface area contributed by atoms with E-state index in [4.69, 9.17) is 0 Å². The van der Waals surface area contributed by atoms with Crippen molar-refractivity contribution in [3.8, 4) is 0 Å². The lowest BCUT2D eigenvalue weighted by molar-refractivity contribution is -0.114. The van der Waals surface area contributed by atoms with E-state index < -0.39 is 0 Å². The van der Waals surface area contributed by atoms with Crippen molar-refractivity contribution in [2.24, 2.45) is 10.8 Å². The summed E-state index contributed by atoms with van der Waals surface area (Å²) in [4.78, 5) is 11.9. The van der Waals surface area contributed by atoms with Crippen LogP contribution in [0.25, 0.3) is 0 Å². The average molecular weight is 208 g/mol. The highest BCUT2D eigenvalue weighted by atomic mass is 16.1. The Morgan fingerprint density at radius 1 is 0.933 bits per heavy atom. The molecule has 0 unspecified atom stereocenters. The van der Waals surface area contributed by atoms with E-state index in [9.17, 15) is 4.79 Å². The lowest BCUT2D eigenvalue weighted by atomic mass is 9.69. The summed E-state index contributed by atoms with van der Waals surface area (Å²) in [5, 5.41) is 0. The van der Waals surface area contributed by atoms with Crippen LogP contribution in [-0.2, 0) is 4.79 Å². The van der Waals surface area contributed by atoms with Crippen LogP contribution in [0.4, 0.5) is 0 Å². The summed E-state index contributed by atoms with van der Waals surface area (Å²) in [6.07, 6.45) is 2.79. The first kappa shape index (κ1) is 12.5. The minimum absolute atomic E-state index is 0.105. The zero-order chi connectivity index (χ0) is 11.9. The van der Waals surface area contributed by atoms with Gasteiger partial charge in [-0.1, -0.05) is 47.1 Å². The van der Waals surface area contributed by atoms with Crippen LogP contribution >= 0.6 is 0 Å². The Hall–Kier alpha value is -0.590. The Morgan fingerprint density at radius 2 is 1.40 bits per heavy atom. The molecule has 1 aliphatic carbocycles. The predicted octanol–water partition coefficient (Wildman–Crippen LogP) is 4.13. The second-order valence-corrected chi connectivity index (χ2v) is 6.63. The smallest absolute Gasteiger partial charge is 0.158 e. The van der Waals surface area contributed by atoms with Gasteiger partial charge in [0, 0.05) is 6.42 Å². The number of hydrogen-bond donors (Lipinski definition) is 0. The van der Waals surface area contributed by atoms with Gasteiger partial charge in [-0.15, -0.1) is 0 Å². The second-order valence-electron chi connectivity index (χ2n) is 6.63. The van der Waals surface area contributed by atoms with Gasteiger partial charge >= 0.3 is 0 Å². The van der Waals surface area contributed by atoms with Crippen molar-refractivity contribution >= 4 is 5.78 Å². The molecule has 0 saturated heterocycles. The Labute approximate surface area is 93.9 Å². The molecule has 0 aliphatic heterocycles. The zero-order valence-electron chi connectivity index (χ0n) is 11.0. The molecule has 0 radical (unpaired) electrons. The number of rotatable bonds is 0. The Bertz CT molecular complexity index is 278. The molecule has 1 aliphatic rings. The third-order valence-electron chi connectivity index (χ3n) is 2.97. The predicted molar refractivity (Wildman–Crippen MR) is 64.8 cm³/mol. The van der Waals surface area contributed by atoms with Gasteiger partial charge in [0.1, 0.15) is 0 Å². The third-order valence-corrected chi connectivity index (χ3v) is 2.97. The average Bonchev–Trinajstić information content (AvgIpc) is 2.30. The molecule has 0 spiro atoms. The van der Waals surface area contributed by atoms with Crippen molar-refractivity contribution in [1.82, 2.24) is 0 Å². The van der Waals surface area contributed by atoms with Crippen molar-refractivity contribution in [2.75, 3.05) is 0 Å². The number of ketones is 1. The number of Topliss-reactive ketones (excluding diaryl/α,β-unsaturated/α-hetero) is 1. The number of hydrogen-bond acceptors (Lipinski definition) is 1. The fourth-order valence-electron chi connectivity index (χ4n) is 3.01. The molecule has 0 N–H and O–H groups in total.